The summed E-state index contributed by atoms with van der Waals surface area (Å²) in [7, 11) is 1.33. The maximum Gasteiger partial charge on any atom is 0.248 e. The number of fused-ring (bicyclic) bond motifs is 1. The predicted molar refractivity (Wildman–Crippen MR) is 128 cm³/mol. The van der Waals surface area contributed by atoms with Gasteiger partial charge in [0.15, 0.2) is 11.5 Å². The minimum Gasteiger partial charge on any atom is -0.493 e. The third-order valence-electron chi connectivity index (χ3n) is 5.42. The van der Waals surface area contributed by atoms with Gasteiger partial charge in [-0.05, 0) is 59.9 Å². The van der Waals surface area contributed by atoms with Gasteiger partial charge in [0.05, 0.1) is 27.1 Å². The number of ether oxygens (including phenoxy) is 3. The van der Waals surface area contributed by atoms with E-state index in [2.05, 4.69) is 5.32 Å². The van der Waals surface area contributed by atoms with Crippen molar-refractivity contribution in [1.29, 1.82) is 0 Å². The molecule has 0 fully saturated rings. The number of sulfonamides is 1. The molecule has 2 aromatic carbocycles. The summed E-state index contributed by atoms with van der Waals surface area (Å²) >= 11 is 0. The van der Waals surface area contributed by atoms with Gasteiger partial charge in [0.1, 0.15) is 0 Å². The Balaban J connectivity index is 1.73. The van der Waals surface area contributed by atoms with Crippen molar-refractivity contribution in [3.63, 3.8) is 0 Å². The first-order chi connectivity index (χ1) is 15.8. The lowest BCUT2D eigenvalue weighted by Gasteiger charge is -2.28. The number of carbonyl (C=O) groups is 1. The molecule has 0 radical (unpaired) electrons. The molecule has 1 aliphatic heterocycles. The molecule has 1 N–H and O–H groups in total. The highest BCUT2D eigenvalue weighted by Crippen LogP contribution is 2.38. The van der Waals surface area contributed by atoms with E-state index in [1.165, 1.54) is 31.7 Å². The fourth-order valence-corrected chi connectivity index (χ4v) is 5.27. The lowest BCUT2D eigenvalue weighted by Crippen LogP contribution is -2.37. The fourth-order valence-electron chi connectivity index (χ4n) is 3.79. The van der Waals surface area contributed by atoms with Crippen LogP contribution in [0.25, 0.3) is 6.08 Å². The van der Waals surface area contributed by atoms with Crippen LogP contribution in [0.15, 0.2) is 36.4 Å². The molecule has 0 bridgehead atoms. The van der Waals surface area contributed by atoms with E-state index in [9.17, 15) is 13.2 Å². The Bertz CT molecular complexity index is 1120. The van der Waals surface area contributed by atoms with Gasteiger partial charge >= 0.3 is 0 Å². The van der Waals surface area contributed by atoms with Crippen LogP contribution in [0.3, 0.4) is 0 Å². The Morgan fingerprint density at radius 3 is 2.36 bits per heavy atom. The van der Waals surface area contributed by atoms with Crippen LogP contribution in [-0.2, 0) is 27.8 Å². The van der Waals surface area contributed by atoms with Crippen LogP contribution >= 0.6 is 0 Å². The maximum absolute atomic E-state index is 12.5. The molecule has 33 heavy (non-hydrogen) atoms. The van der Waals surface area contributed by atoms with Gasteiger partial charge in [-0.15, -0.1) is 0 Å². The molecule has 0 saturated carbocycles. The Kier molecular flexibility index (Phi) is 7.99. The van der Waals surface area contributed by atoms with Crippen molar-refractivity contribution >= 4 is 27.7 Å². The molecule has 178 valence electrons. The van der Waals surface area contributed by atoms with Gasteiger partial charge in [-0.3, -0.25) is 4.79 Å². The van der Waals surface area contributed by atoms with E-state index in [0.29, 0.717) is 54.4 Å². The summed E-state index contributed by atoms with van der Waals surface area (Å²) in [5.74, 6) is 1.30. The van der Waals surface area contributed by atoms with Crippen LogP contribution in [0.2, 0.25) is 0 Å². The minimum absolute atomic E-state index is 0.143. The predicted octanol–water partition coefficient (Wildman–Crippen LogP) is 3.46. The number of amides is 1. The summed E-state index contributed by atoms with van der Waals surface area (Å²) in [6.07, 6.45) is 4.31. The summed E-state index contributed by atoms with van der Waals surface area (Å²) in [4.78, 5) is 12.5. The highest BCUT2D eigenvalue weighted by molar-refractivity contribution is 7.89. The first-order valence-electron chi connectivity index (χ1n) is 10.7. The number of rotatable bonds is 9. The molecule has 0 spiro atoms. The zero-order valence-electron chi connectivity index (χ0n) is 19.4. The second-order valence-corrected chi connectivity index (χ2v) is 9.75. The molecule has 1 aliphatic rings. The van der Waals surface area contributed by atoms with Crippen molar-refractivity contribution in [2.75, 3.05) is 38.9 Å². The topological polar surface area (TPSA) is 94.2 Å². The largest absolute Gasteiger partial charge is 0.493 e. The Hall–Kier alpha value is -3.04. The maximum atomic E-state index is 12.5. The molecule has 2 aromatic rings. The number of hydrogen-bond acceptors (Lipinski definition) is 6. The SMILES string of the molecule is CCCS(=O)(=O)N1CCc2ccc(NC(=O)/C=C/c3cc(OC)c(OC)c(OC)c3)cc2C1. The molecule has 0 aliphatic carbocycles. The molecular weight excluding hydrogens is 444 g/mol. The Morgan fingerprint density at radius 1 is 1.06 bits per heavy atom. The van der Waals surface area contributed by atoms with Crippen LogP contribution in [0.1, 0.15) is 30.0 Å². The van der Waals surface area contributed by atoms with Gasteiger partial charge in [0.2, 0.25) is 21.7 Å². The minimum atomic E-state index is -3.26. The molecule has 0 saturated heterocycles. The summed E-state index contributed by atoms with van der Waals surface area (Å²) in [5, 5.41) is 2.84. The van der Waals surface area contributed by atoms with Gasteiger partial charge < -0.3 is 19.5 Å². The van der Waals surface area contributed by atoms with E-state index in [0.717, 1.165) is 11.1 Å². The van der Waals surface area contributed by atoms with Crippen LogP contribution in [0.4, 0.5) is 5.69 Å². The normalized spacial score (nSPS) is 14.1. The molecule has 0 aromatic heterocycles. The van der Waals surface area contributed by atoms with E-state index in [1.54, 1.807) is 18.2 Å². The van der Waals surface area contributed by atoms with Gasteiger partial charge in [0, 0.05) is 24.9 Å². The standard InChI is InChI=1S/C24H30N2O6S/c1-5-12-33(28,29)26-11-10-18-7-8-20(15-19(18)16-26)25-23(27)9-6-17-13-21(30-2)24(32-4)22(14-17)31-3/h6-9,13-15H,5,10-12,16H2,1-4H3,(H,25,27)/b9-6+. The number of nitrogens with one attached hydrogen (secondary N) is 1. The quantitative estimate of drug-likeness (QED) is 0.560. The third kappa shape index (κ3) is 5.85. The summed E-state index contributed by atoms with van der Waals surface area (Å²) in [6, 6.07) is 9.11. The average molecular weight is 475 g/mol. The number of carbonyl (C=O) groups excluding carboxylic acids is 1. The number of anilines is 1. The second-order valence-electron chi connectivity index (χ2n) is 7.66. The first kappa shape index (κ1) is 24.6. The molecule has 8 nitrogen and oxygen atoms in total. The lowest BCUT2D eigenvalue weighted by atomic mass is 10.0. The van der Waals surface area contributed by atoms with E-state index in [-0.39, 0.29) is 11.7 Å². The van der Waals surface area contributed by atoms with Crippen molar-refractivity contribution in [1.82, 2.24) is 4.31 Å². The molecule has 1 heterocycles. The Morgan fingerprint density at radius 2 is 1.76 bits per heavy atom. The average Bonchev–Trinajstić information content (AvgIpc) is 2.81. The number of hydrogen-bond donors (Lipinski definition) is 1. The Labute approximate surface area is 195 Å². The summed E-state index contributed by atoms with van der Waals surface area (Å²) in [5.41, 5.74) is 3.33. The van der Waals surface area contributed by atoms with Gasteiger partial charge in [-0.1, -0.05) is 13.0 Å². The fraction of sp³-hybridized carbons (Fsp3) is 0.375. The van der Waals surface area contributed by atoms with Crippen LogP contribution in [0, 0.1) is 0 Å². The van der Waals surface area contributed by atoms with Crippen LogP contribution < -0.4 is 19.5 Å². The molecule has 3 rings (SSSR count). The molecular formula is C24H30N2O6S. The summed E-state index contributed by atoms with van der Waals surface area (Å²) in [6.45, 7) is 2.66. The van der Waals surface area contributed by atoms with E-state index in [4.69, 9.17) is 14.2 Å². The highest BCUT2D eigenvalue weighted by Gasteiger charge is 2.26. The van der Waals surface area contributed by atoms with E-state index >= 15 is 0 Å². The molecule has 0 unspecified atom stereocenters. The number of benzene rings is 2. The van der Waals surface area contributed by atoms with E-state index in [1.807, 2.05) is 25.1 Å². The zero-order chi connectivity index (χ0) is 24.0. The molecule has 1 amide bonds. The first-order valence-corrected chi connectivity index (χ1v) is 12.3. The number of methoxy groups -OCH3 is 3. The third-order valence-corrected chi connectivity index (χ3v) is 7.44. The molecule has 9 heteroatoms. The van der Waals surface area contributed by atoms with Crippen molar-refractivity contribution in [2.24, 2.45) is 0 Å². The van der Waals surface area contributed by atoms with Gasteiger partial charge in [0.25, 0.3) is 0 Å². The second kappa shape index (κ2) is 10.7. The monoisotopic (exact) mass is 474 g/mol. The van der Waals surface area contributed by atoms with Crippen molar-refractivity contribution in [2.45, 2.75) is 26.3 Å². The van der Waals surface area contributed by atoms with Crippen LogP contribution in [-0.4, -0.2) is 52.3 Å². The lowest BCUT2D eigenvalue weighted by molar-refractivity contribution is -0.111. The summed E-state index contributed by atoms with van der Waals surface area (Å²) < 4.78 is 42.4. The van der Waals surface area contributed by atoms with Crippen LogP contribution in [0.5, 0.6) is 17.2 Å². The number of nitrogens with zero attached hydrogens (tertiary/aromatic N) is 1. The van der Waals surface area contributed by atoms with Crippen molar-refractivity contribution in [3.8, 4) is 17.2 Å². The zero-order valence-corrected chi connectivity index (χ0v) is 20.2. The molecule has 0 atom stereocenters. The smallest absolute Gasteiger partial charge is 0.248 e. The van der Waals surface area contributed by atoms with Gasteiger partial charge in [-0.2, -0.15) is 4.31 Å². The van der Waals surface area contributed by atoms with E-state index < -0.39 is 10.0 Å². The highest BCUT2D eigenvalue weighted by atomic mass is 32.2. The van der Waals surface area contributed by atoms with Gasteiger partial charge in [-0.25, -0.2) is 8.42 Å². The van der Waals surface area contributed by atoms with Crippen molar-refractivity contribution in [3.05, 3.63) is 53.1 Å². The van der Waals surface area contributed by atoms with Crippen molar-refractivity contribution < 1.29 is 27.4 Å².